The number of imidazole rings is 1. The van der Waals surface area contributed by atoms with Crippen LogP contribution in [0.3, 0.4) is 0 Å². The van der Waals surface area contributed by atoms with Crippen LogP contribution in [0.1, 0.15) is 5.56 Å². The number of hydrogen-bond acceptors (Lipinski definition) is 6. The molecule has 0 aliphatic heterocycles. The van der Waals surface area contributed by atoms with Crippen molar-refractivity contribution in [3.05, 3.63) is 58.8 Å². The second-order valence-electron chi connectivity index (χ2n) is 6.71. The Morgan fingerprint density at radius 1 is 1.10 bits per heavy atom. The molecule has 3 rings (SSSR count). The summed E-state index contributed by atoms with van der Waals surface area (Å²) < 4.78 is 17.1. The summed E-state index contributed by atoms with van der Waals surface area (Å²) in [5.41, 5.74) is 2.10. The number of methoxy groups -OCH3 is 2. The predicted molar refractivity (Wildman–Crippen MR) is 119 cm³/mol. The molecule has 0 fully saturated rings. The molecule has 0 bridgehead atoms. The lowest BCUT2D eigenvalue weighted by molar-refractivity contribution is 0.106. The summed E-state index contributed by atoms with van der Waals surface area (Å²) >= 11 is 3.35. The van der Waals surface area contributed by atoms with Gasteiger partial charge in [0.2, 0.25) is 0 Å². The maximum Gasteiger partial charge on any atom is 0.160 e. The second-order valence-corrected chi connectivity index (χ2v) is 7.57. The van der Waals surface area contributed by atoms with Gasteiger partial charge in [-0.2, -0.15) is 0 Å². The highest BCUT2D eigenvalue weighted by Gasteiger charge is 2.08. The van der Waals surface area contributed by atoms with E-state index < -0.39 is 6.10 Å². The molecule has 3 N–H and O–H groups in total. The number of aromatic amines is 1. The Balaban J connectivity index is 1.37. The summed E-state index contributed by atoms with van der Waals surface area (Å²) in [4.78, 5) is 7.38. The number of aliphatic hydroxyl groups excluding tert-OH is 1. The van der Waals surface area contributed by atoms with Gasteiger partial charge >= 0.3 is 0 Å². The van der Waals surface area contributed by atoms with E-state index in [2.05, 4.69) is 31.2 Å². The molecule has 2 aromatic carbocycles. The second kappa shape index (κ2) is 11.0. The topological polar surface area (TPSA) is 88.6 Å². The highest BCUT2D eigenvalue weighted by Crippen LogP contribution is 2.27. The smallest absolute Gasteiger partial charge is 0.160 e. The molecule has 7 nitrogen and oxygen atoms in total. The minimum absolute atomic E-state index is 0.217. The first kappa shape index (κ1) is 22.1. The van der Waals surface area contributed by atoms with E-state index in [9.17, 15) is 5.11 Å². The molecular formula is C22H26BrN3O4. The Hall–Kier alpha value is -2.55. The van der Waals surface area contributed by atoms with Gasteiger partial charge in [-0.1, -0.05) is 6.07 Å². The average Bonchev–Trinajstić information content (AvgIpc) is 3.21. The fraction of sp³-hybridized carbons (Fsp3) is 0.318. The van der Waals surface area contributed by atoms with E-state index >= 15 is 0 Å². The van der Waals surface area contributed by atoms with Crippen molar-refractivity contribution < 1.29 is 19.3 Å². The van der Waals surface area contributed by atoms with Gasteiger partial charge in [0.1, 0.15) is 28.9 Å². The van der Waals surface area contributed by atoms with E-state index in [4.69, 9.17) is 14.2 Å². The predicted octanol–water partition coefficient (Wildman–Crippen LogP) is 3.43. The van der Waals surface area contributed by atoms with E-state index in [0.29, 0.717) is 23.8 Å². The van der Waals surface area contributed by atoms with Crippen LogP contribution in [0.15, 0.2) is 53.3 Å². The first-order valence-corrected chi connectivity index (χ1v) is 10.4. The van der Waals surface area contributed by atoms with Crippen LogP contribution in [0.2, 0.25) is 0 Å². The number of nitrogens with one attached hydrogen (secondary N) is 2. The van der Waals surface area contributed by atoms with Crippen LogP contribution in [-0.4, -0.2) is 55.1 Å². The zero-order valence-corrected chi connectivity index (χ0v) is 18.6. The highest BCUT2D eigenvalue weighted by molar-refractivity contribution is 9.10. The summed E-state index contributed by atoms with van der Waals surface area (Å²) in [5, 5.41) is 13.4. The number of nitrogens with zero attached hydrogens (tertiary/aromatic N) is 1. The van der Waals surface area contributed by atoms with Crippen LogP contribution < -0.4 is 19.5 Å². The maximum absolute atomic E-state index is 10.1. The molecule has 0 saturated carbocycles. The van der Waals surface area contributed by atoms with Gasteiger partial charge in [0.15, 0.2) is 11.5 Å². The van der Waals surface area contributed by atoms with Gasteiger partial charge in [-0.3, -0.25) is 0 Å². The van der Waals surface area contributed by atoms with Crippen LogP contribution in [0.5, 0.6) is 17.2 Å². The van der Waals surface area contributed by atoms with Gasteiger partial charge in [0.25, 0.3) is 0 Å². The van der Waals surface area contributed by atoms with Crippen molar-refractivity contribution in [2.75, 3.05) is 33.9 Å². The molecular weight excluding hydrogens is 450 g/mol. The molecule has 0 aliphatic carbocycles. The van der Waals surface area contributed by atoms with Crippen LogP contribution >= 0.6 is 15.9 Å². The van der Waals surface area contributed by atoms with Crippen LogP contribution in [0, 0.1) is 0 Å². The van der Waals surface area contributed by atoms with Crippen molar-refractivity contribution in [1.29, 1.82) is 0 Å². The molecule has 0 amide bonds. The quantitative estimate of drug-likeness (QED) is 0.368. The molecule has 0 radical (unpaired) electrons. The van der Waals surface area contributed by atoms with Crippen LogP contribution in [0.4, 0.5) is 0 Å². The number of ether oxygens (including phenoxy) is 3. The third kappa shape index (κ3) is 6.22. The van der Waals surface area contributed by atoms with Crippen molar-refractivity contribution >= 4 is 15.9 Å². The minimum Gasteiger partial charge on any atom is -0.493 e. The van der Waals surface area contributed by atoms with Crippen molar-refractivity contribution in [3.63, 3.8) is 0 Å². The first-order valence-electron chi connectivity index (χ1n) is 9.62. The van der Waals surface area contributed by atoms with E-state index in [-0.39, 0.29) is 6.61 Å². The van der Waals surface area contributed by atoms with Gasteiger partial charge in [-0.25, -0.2) is 4.98 Å². The van der Waals surface area contributed by atoms with Crippen molar-refractivity contribution in [3.8, 4) is 28.6 Å². The molecule has 1 atom stereocenters. The number of H-pyrrole nitrogens is 1. The number of benzene rings is 2. The standard InChI is InChI=1S/C22H26BrN3O4/c1-28-19-8-3-15(11-20(19)29-2)9-10-24-12-17(27)14-30-18-6-4-16(5-7-18)22-25-13-21(23)26-22/h3-8,11,13,17,24,27H,9-10,12,14H2,1-2H3,(H,25,26). The third-order valence-electron chi connectivity index (χ3n) is 4.53. The van der Waals surface area contributed by atoms with Crippen molar-refractivity contribution in [2.24, 2.45) is 0 Å². The summed E-state index contributed by atoms with van der Waals surface area (Å²) in [6.07, 6.45) is 1.93. The van der Waals surface area contributed by atoms with Gasteiger partial charge in [-0.05, 0) is 70.9 Å². The lowest BCUT2D eigenvalue weighted by Crippen LogP contribution is -2.32. The Morgan fingerprint density at radius 3 is 2.53 bits per heavy atom. The fourth-order valence-electron chi connectivity index (χ4n) is 2.94. The molecule has 30 heavy (non-hydrogen) atoms. The fourth-order valence-corrected chi connectivity index (χ4v) is 3.23. The average molecular weight is 476 g/mol. The van der Waals surface area contributed by atoms with Gasteiger partial charge in [0, 0.05) is 12.1 Å². The SMILES string of the molecule is COc1ccc(CCNCC(O)COc2ccc(-c3ncc(Br)[nH]3)cc2)cc1OC. The molecule has 0 saturated heterocycles. The third-order valence-corrected chi connectivity index (χ3v) is 4.94. The molecule has 0 aliphatic rings. The number of aliphatic hydroxyl groups is 1. The van der Waals surface area contributed by atoms with E-state index in [1.807, 2.05) is 42.5 Å². The molecule has 1 unspecified atom stereocenters. The first-order chi connectivity index (χ1) is 14.6. The van der Waals surface area contributed by atoms with E-state index in [1.54, 1.807) is 20.4 Å². The summed E-state index contributed by atoms with van der Waals surface area (Å²) in [6, 6.07) is 13.4. The van der Waals surface area contributed by atoms with E-state index in [0.717, 1.165) is 34.5 Å². The minimum atomic E-state index is -0.601. The number of hydrogen-bond donors (Lipinski definition) is 3. The zero-order valence-electron chi connectivity index (χ0n) is 17.0. The number of halogens is 1. The monoisotopic (exact) mass is 475 g/mol. The Bertz CT molecular complexity index is 930. The van der Waals surface area contributed by atoms with Gasteiger partial charge in [-0.15, -0.1) is 0 Å². The Morgan fingerprint density at radius 2 is 1.87 bits per heavy atom. The van der Waals surface area contributed by atoms with E-state index in [1.165, 1.54) is 0 Å². The van der Waals surface area contributed by atoms with Gasteiger partial charge < -0.3 is 29.6 Å². The highest BCUT2D eigenvalue weighted by atomic mass is 79.9. The molecule has 8 heteroatoms. The van der Waals surface area contributed by atoms with Crippen LogP contribution in [0.25, 0.3) is 11.4 Å². The molecule has 160 valence electrons. The molecule has 1 aromatic heterocycles. The summed E-state index contributed by atoms with van der Waals surface area (Å²) in [6.45, 7) is 1.40. The Labute approximate surface area is 184 Å². The number of rotatable bonds is 11. The normalized spacial score (nSPS) is 11.9. The van der Waals surface area contributed by atoms with Crippen LogP contribution in [-0.2, 0) is 6.42 Å². The zero-order chi connectivity index (χ0) is 21.3. The lowest BCUT2D eigenvalue weighted by atomic mass is 10.1. The van der Waals surface area contributed by atoms with Crippen molar-refractivity contribution in [2.45, 2.75) is 12.5 Å². The molecule has 3 aromatic rings. The summed E-state index contributed by atoms with van der Waals surface area (Å²) in [5.74, 6) is 2.92. The summed E-state index contributed by atoms with van der Waals surface area (Å²) in [7, 11) is 3.24. The van der Waals surface area contributed by atoms with Gasteiger partial charge in [0.05, 0.1) is 20.4 Å². The Kier molecular flexibility index (Phi) is 8.12. The largest absolute Gasteiger partial charge is 0.493 e. The maximum atomic E-state index is 10.1. The molecule has 1 heterocycles. The lowest BCUT2D eigenvalue weighted by Gasteiger charge is -2.14. The van der Waals surface area contributed by atoms with Crippen molar-refractivity contribution in [1.82, 2.24) is 15.3 Å². The molecule has 0 spiro atoms. The number of aromatic nitrogens is 2.